The highest BCUT2D eigenvalue weighted by Crippen LogP contribution is 2.19. The summed E-state index contributed by atoms with van der Waals surface area (Å²) in [5, 5.41) is 0. The summed E-state index contributed by atoms with van der Waals surface area (Å²) in [6.45, 7) is 13.8. The van der Waals surface area contributed by atoms with Gasteiger partial charge in [-0.2, -0.15) is 0 Å². The van der Waals surface area contributed by atoms with Crippen LogP contribution in [0.25, 0.3) is 0 Å². The number of rotatable bonds is 55. The van der Waals surface area contributed by atoms with Crippen LogP contribution in [0.1, 0.15) is 343 Å². The van der Waals surface area contributed by atoms with E-state index >= 15 is 0 Å². The van der Waals surface area contributed by atoms with Crippen molar-refractivity contribution in [2.24, 2.45) is 17.8 Å². The van der Waals surface area contributed by atoms with Crippen molar-refractivity contribution in [2.75, 3.05) is 13.2 Å². The molecular formula is C62H120O6. The maximum atomic E-state index is 12.9. The molecule has 0 aliphatic carbocycles. The van der Waals surface area contributed by atoms with Gasteiger partial charge in [0.2, 0.25) is 0 Å². The SMILES string of the molecule is CC(C)CCCCCCCCCCCCCCCCCCCCC(=O)O[C@@H](COC(=O)CCCCCCCCCCCCCCCCCC(C)C)COC(=O)CCCCCCCCCCC(C)C. The highest BCUT2D eigenvalue weighted by Gasteiger charge is 2.19. The zero-order valence-corrected chi connectivity index (χ0v) is 46.9. The molecule has 1 atom stereocenters. The van der Waals surface area contributed by atoms with Crippen molar-refractivity contribution in [2.45, 2.75) is 349 Å². The molecule has 0 aliphatic heterocycles. The molecule has 0 spiro atoms. The van der Waals surface area contributed by atoms with Gasteiger partial charge in [0.05, 0.1) is 0 Å². The summed E-state index contributed by atoms with van der Waals surface area (Å²) in [5.74, 6) is 1.66. The Morgan fingerprint density at radius 3 is 0.632 bits per heavy atom. The predicted molar refractivity (Wildman–Crippen MR) is 293 cm³/mol. The summed E-state index contributed by atoms with van der Waals surface area (Å²) < 4.78 is 16.9. The first kappa shape index (κ1) is 66.4. The van der Waals surface area contributed by atoms with E-state index in [-0.39, 0.29) is 31.1 Å². The van der Waals surface area contributed by atoms with Crippen LogP contribution in [0.15, 0.2) is 0 Å². The Morgan fingerprint density at radius 1 is 0.250 bits per heavy atom. The smallest absolute Gasteiger partial charge is 0.306 e. The number of unbranched alkanes of at least 4 members (excludes halogenated alkanes) is 38. The number of carbonyl (C=O) groups excluding carboxylic acids is 3. The zero-order chi connectivity index (χ0) is 49.8. The fourth-order valence-corrected chi connectivity index (χ4v) is 9.53. The number of hydrogen-bond donors (Lipinski definition) is 0. The molecule has 0 unspecified atom stereocenters. The Labute approximate surface area is 425 Å². The van der Waals surface area contributed by atoms with Crippen LogP contribution in [-0.2, 0) is 28.6 Å². The van der Waals surface area contributed by atoms with Gasteiger partial charge in [-0.15, -0.1) is 0 Å². The lowest BCUT2D eigenvalue weighted by Gasteiger charge is -2.18. The lowest BCUT2D eigenvalue weighted by Crippen LogP contribution is -2.30. The first-order valence-corrected chi connectivity index (χ1v) is 30.6. The maximum Gasteiger partial charge on any atom is 0.306 e. The minimum atomic E-state index is -0.764. The van der Waals surface area contributed by atoms with Crippen LogP contribution in [0.4, 0.5) is 0 Å². The van der Waals surface area contributed by atoms with Crippen molar-refractivity contribution in [3.63, 3.8) is 0 Å². The van der Waals surface area contributed by atoms with E-state index in [2.05, 4.69) is 41.5 Å². The molecule has 0 aliphatic rings. The highest BCUT2D eigenvalue weighted by molar-refractivity contribution is 5.71. The molecule has 68 heavy (non-hydrogen) atoms. The highest BCUT2D eigenvalue weighted by atomic mass is 16.6. The van der Waals surface area contributed by atoms with Gasteiger partial charge in [-0.05, 0) is 37.0 Å². The van der Waals surface area contributed by atoms with E-state index in [1.54, 1.807) is 0 Å². The average Bonchev–Trinajstić information content (AvgIpc) is 3.30. The summed E-state index contributed by atoms with van der Waals surface area (Å²) in [6.07, 6.45) is 56.8. The normalized spacial score (nSPS) is 12.1. The quantitative estimate of drug-likeness (QED) is 0.0343. The Kier molecular flexibility index (Phi) is 52.0. The molecule has 0 aromatic rings. The van der Waals surface area contributed by atoms with Crippen LogP contribution < -0.4 is 0 Å². The number of esters is 3. The van der Waals surface area contributed by atoms with Crippen molar-refractivity contribution < 1.29 is 28.6 Å². The molecule has 0 radical (unpaired) electrons. The van der Waals surface area contributed by atoms with Gasteiger partial charge in [0, 0.05) is 19.3 Å². The maximum absolute atomic E-state index is 12.9. The van der Waals surface area contributed by atoms with E-state index in [9.17, 15) is 14.4 Å². The van der Waals surface area contributed by atoms with Crippen molar-refractivity contribution in [3.8, 4) is 0 Å². The summed E-state index contributed by atoms with van der Waals surface area (Å²) in [4.78, 5) is 38.2. The molecule has 0 fully saturated rings. The molecule has 0 amide bonds. The van der Waals surface area contributed by atoms with Crippen LogP contribution in [0, 0.1) is 17.8 Å². The third-order valence-electron chi connectivity index (χ3n) is 14.1. The second-order valence-corrected chi connectivity index (χ2v) is 22.8. The first-order chi connectivity index (χ1) is 33.1. The zero-order valence-electron chi connectivity index (χ0n) is 46.9. The lowest BCUT2D eigenvalue weighted by atomic mass is 10.0. The van der Waals surface area contributed by atoms with Gasteiger partial charge < -0.3 is 14.2 Å². The average molecular weight is 962 g/mol. The molecule has 0 saturated heterocycles. The molecule has 0 aromatic heterocycles. The van der Waals surface area contributed by atoms with Crippen LogP contribution in [0.5, 0.6) is 0 Å². The number of carbonyl (C=O) groups is 3. The molecular weight excluding hydrogens is 841 g/mol. The molecule has 6 heteroatoms. The summed E-state index contributed by atoms with van der Waals surface area (Å²) >= 11 is 0. The van der Waals surface area contributed by atoms with Crippen molar-refractivity contribution >= 4 is 17.9 Å². The monoisotopic (exact) mass is 961 g/mol. The Balaban J connectivity index is 4.23. The van der Waals surface area contributed by atoms with Crippen molar-refractivity contribution in [3.05, 3.63) is 0 Å². The van der Waals surface area contributed by atoms with Crippen molar-refractivity contribution in [1.82, 2.24) is 0 Å². The van der Waals surface area contributed by atoms with E-state index < -0.39 is 6.10 Å². The van der Waals surface area contributed by atoms with Gasteiger partial charge in [0.25, 0.3) is 0 Å². The molecule has 0 heterocycles. The van der Waals surface area contributed by atoms with E-state index in [1.807, 2.05) is 0 Å². The first-order valence-electron chi connectivity index (χ1n) is 30.6. The van der Waals surface area contributed by atoms with Gasteiger partial charge in [-0.25, -0.2) is 0 Å². The van der Waals surface area contributed by atoms with Crippen LogP contribution in [-0.4, -0.2) is 37.2 Å². The Morgan fingerprint density at radius 2 is 0.426 bits per heavy atom. The summed E-state index contributed by atoms with van der Waals surface area (Å²) in [5.41, 5.74) is 0. The molecule has 0 saturated carbocycles. The van der Waals surface area contributed by atoms with Crippen molar-refractivity contribution in [1.29, 1.82) is 0 Å². The van der Waals surface area contributed by atoms with E-state index in [4.69, 9.17) is 14.2 Å². The third-order valence-corrected chi connectivity index (χ3v) is 14.1. The van der Waals surface area contributed by atoms with Crippen LogP contribution >= 0.6 is 0 Å². The molecule has 0 bridgehead atoms. The number of ether oxygens (including phenoxy) is 3. The predicted octanol–water partition coefficient (Wildman–Crippen LogP) is 20.3. The largest absolute Gasteiger partial charge is 0.462 e. The van der Waals surface area contributed by atoms with Gasteiger partial charge in [-0.3, -0.25) is 14.4 Å². The molecule has 404 valence electrons. The Bertz CT molecular complexity index is 1050. The van der Waals surface area contributed by atoms with E-state index in [0.717, 1.165) is 75.5 Å². The summed E-state index contributed by atoms with van der Waals surface area (Å²) in [7, 11) is 0. The fourth-order valence-electron chi connectivity index (χ4n) is 9.53. The molecule has 0 rings (SSSR count). The summed E-state index contributed by atoms with van der Waals surface area (Å²) in [6, 6.07) is 0. The second-order valence-electron chi connectivity index (χ2n) is 22.8. The van der Waals surface area contributed by atoms with Crippen LogP contribution in [0.2, 0.25) is 0 Å². The van der Waals surface area contributed by atoms with Crippen LogP contribution in [0.3, 0.4) is 0 Å². The van der Waals surface area contributed by atoms with E-state index in [0.29, 0.717) is 19.3 Å². The minimum absolute atomic E-state index is 0.0634. The molecule has 6 nitrogen and oxygen atoms in total. The Hall–Kier alpha value is -1.59. The molecule has 0 N–H and O–H groups in total. The van der Waals surface area contributed by atoms with Gasteiger partial charge in [-0.1, -0.05) is 305 Å². The van der Waals surface area contributed by atoms with Gasteiger partial charge >= 0.3 is 17.9 Å². The lowest BCUT2D eigenvalue weighted by molar-refractivity contribution is -0.167. The van der Waals surface area contributed by atoms with Gasteiger partial charge in [0.1, 0.15) is 13.2 Å². The third kappa shape index (κ3) is 55.3. The van der Waals surface area contributed by atoms with Gasteiger partial charge in [0.15, 0.2) is 6.10 Å². The number of hydrogen-bond acceptors (Lipinski definition) is 6. The molecule has 0 aromatic carbocycles. The van der Waals surface area contributed by atoms with E-state index in [1.165, 1.54) is 225 Å². The standard InChI is InChI=1S/C62H120O6/c1-56(2)48-42-36-30-24-20-16-12-9-7-8-10-14-19-23-27-35-41-47-53-62(65)68-59(55-67-61(64)52-46-40-34-29-28-32-38-44-50-58(5)6)54-66-60(63)51-45-39-33-26-22-18-15-11-13-17-21-25-31-37-43-49-57(3)4/h56-59H,7-55H2,1-6H3/t59-/m0/s1. The fraction of sp³-hybridized carbons (Fsp3) is 0.952. The second kappa shape index (κ2) is 53.2. The topological polar surface area (TPSA) is 78.9 Å². The minimum Gasteiger partial charge on any atom is -0.462 e.